The predicted octanol–water partition coefficient (Wildman–Crippen LogP) is 4.33. The first kappa shape index (κ1) is 18.4. The Hall–Kier alpha value is -1.92. The molecular weight excluding hydrogens is 411 g/mol. The van der Waals surface area contributed by atoms with Gasteiger partial charge in [0.2, 0.25) is 0 Å². The molecule has 0 bridgehead atoms. The van der Waals surface area contributed by atoms with Gasteiger partial charge in [-0.15, -0.1) is 0 Å². The van der Waals surface area contributed by atoms with E-state index in [0.717, 1.165) is 34.1 Å². The van der Waals surface area contributed by atoms with Crippen LogP contribution in [0.25, 0.3) is 0 Å². The third-order valence-electron chi connectivity index (χ3n) is 5.23. The number of hydrogen-bond donors (Lipinski definition) is 0. The van der Waals surface area contributed by atoms with Crippen LogP contribution in [-0.4, -0.2) is 38.8 Å². The van der Waals surface area contributed by atoms with Crippen LogP contribution in [0, 0.1) is 12.7 Å². The molecule has 1 amide bonds. The normalized spacial score (nSPS) is 17.0. The number of benzene rings is 2. The molecule has 0 atom stereocenters. The molecule has 0 radical (unpaired) electrons. The molecule has 2 aromatic rings. The fraction of sp³-hybridized carbons (Fsp3) is 0.381. The van der Waals surface area contributed by atoms with Gasteiger partial charge >= 0.3 is 0 Å². The van der Waals surface area contributed by atoms with Crippen LogP contribution in [0.2, 0.25) is 0 Å². The lowest BCUT2D eigenvalue weighted by molar-refractivity contribution is 0.0984. The average molecular weight is 433 g/mol. The van der Waals surface area contributed by atoms with E-state index in [1.54, 1.807) is 17.0 Å². The van der Waals surface area contributed by atoms with Crippen molar-refractivity contribution in [3.8, 4) is 0 Å². The highest BCUT2D eigenvalue weighted by atomic mass is 79.9. The summed E-state index contributed by atoms with van der Waals surface area (Å²) in [7, 11) is 0. The van der Waals surface area contributed by atoms with Gasteiger partial charge in [0, 0.05) is 29.7 Å². The molecule has 0 N–H and O–H groups in total. The van der Waals surface area contributed by atoms with Crippen LogP contribution in [0.1, 0.15) is 27.9 Å². The number of morpholine rings is 1. The largest absolute Gasteiger partial charge is 0.378 e. The van der Waals surface area contributed by atoms with Crippen LogP contribution >= 0.6 is 15.9 Å². The van der Waals surface area contributed by atoms with E-state index in [2.05, 4.69) is 22.0 Å². The van der Waals surface area contributed by atoms with Crippen LogP contribution < -0.4 is 9.80 Å². The monoisotopic (exact) mass is 432 g/mol. The highest BCUT2D eigenvalue weighted by molar-refractivity contribution is 9.10. The molecule has 4 rings (SSSR count). The summed E-state index contributed by atoms with van der Waals surface area (Å²) < 4.78 is 21.1. The van der Waals surface area contributed by atoms with Gasteiger partial charge in [-0.1, -0.05) is 15.9 Å². The summed E-state index contributed by atoms with van der Waals surface area (Å²) in [6.07, 6.45) is 1.85. The quantitative estimate of drug-likeness (QED) is 0.707. The number of ether oxygens (including phenoxy) is 1. The fourth-order valence-electron chi connectivity index (χ4n) is 3.98. The zero-order valence-corrected chi connectivity index (χ0v) is 16.9. The van der Waals surface area contributed by atoms with Gasteiger partial charge in [0.1, 0.15) is 5.82 Å². The standard InChI is InChI=1S/C21H22BrFN2O2/c1-14-11-17(22)12-15-3-2-6-25(20(14)15)21(26)16-4-5-19(18(23)13-16)24-7-9-27-10-8-24/h4-5,11-13H,2-3,6-10H2,1H3. The summed E-state index contributed by atoms with van der Waals surface area (Å²) in [6.45, 7) is 5.19. The van der Waals surface area contributed by atoms with Crippen molar-refractivity contribution in [2.45, 2.75) is 19.8 Å². The third-order valence-corrected chi connectivity index (χ3v) is 5.69. The van der Waals surface area contributed by atoms with Crippen LogP contribution in [-0.2, 0) is 11.2 Å². The van der Waals surface area contributed by atoms with Crippen LogP contribution in [0.15, 0.2) is 34.8 Å². The number of aryl methyl sites for hydroxylation is 2. The fourth-order valence-corrected chi connectivity index (χ4v) is 4.60. The molecule has 1 fully saturated rings. The maximum Gasteiger partial charge on any atom is 0.258 e. The Labute approximate surface area is 167 Å². The van der Waals surface area contributed by atoms with E-state index in [0.29, 0.717) is 44.1 Å². The Morgan fingerprint density at radius 3 is 2.67 bits per heavy atom. The van der Waals surface area contributed by atoms with E-state index >= 15 is 0 Å². The molecular formula is C21H22BrFN2O2. The maximum absolute atomic E-state index is 14.7. The lowest BCUT2D eigenvalue weighted by Crippen LogP contribution is -2.37. The number of carbonyl (C=O) groups excluding carboxylic acids is 1. The number of carbonyl (C=O) groups is 1. The first-order valence-corrected chi connectivity index (χ1v) is 10.1. The van der Waals surface area contributed by atoms with Gasteiger partial charge in [-0.05, 0) is 61.2 Å². The summed E-state index contributed by atoms with van der Waals surface area (Å²) >= 11 is 3.53. The zero-order valence-electron chi connectivity index (χ0n) is 15.3. The van der Waals surface area contributed by atoms with Gasteiger partial charge in [0.15, 0.2) is 0 Å². The molecule has 0 unspecified atom stereocenters. The first-order chi connectivity index (χ1) is 13.0. The maximum atomic E-state index is 14.7. The topological polar surface area (TPSA) is 32.8 Å². The van der Waals surface area contributed by atoms with E-state index in [-0.39, 0.29) is 11.7 Å². The van der Waals surface area contributed by atoms with Crippen LogP contribution in [0.4, 0.5) is 15.8 Å². The van der Waals surface area contributed by atoms with Crippen LogP contribution in [0.3, 0.4) is 0 Å². The molecule has 0 aromatic heterocycles. The number of anilines is 2. The summed E-state index contributed by atoms with van der Waals surface area (Å²) in [6, 6.07) is 8.91. The van der Waals surface area contributed by atoms with Crippen molar-refractivity contribution in [1.29, 1.82) is 0 Å². The molecule has 2 aliphatic heterocycles. The van der Waals surface area contributed by atoms with Gasteiger partial charge in [-0.3, -0.25) is 4.79 Å². The second kappa shape index (κ2) is 7.60. The third kappa shape index (κ3) is 3.60. The minimum atomic E-state index is -0.354. The lowest BCUT2D eigenvalue weighted by atomic mass is 9.97. The molecule has 27 heavy (non-hydrogen) atoms. The van der Waals surface area contributed by atoms with E-state index in [1.807, 2.05) is 17.9 Å². The van der Waals surface area contributed by atoms with Gasteiger partial charge in [0.25, 0.3) is 5.91 Å². The molecule has 4 nitrogen and oxygen atoms in total. The van der Waals surface area contributed by atoms with E-state index in [1.165, 1.54) is 6.07 Å². The Morgan fingerprint density at radius 2 is 1.93 bits per heavy atom. The van der Waals surface area contributed by atoms with E-state index in [4.69, 9.17) is 4.74 Å². The van der Waals surface area contributed by atoms with Crippen LogP contribution in [0.5, 0.6) is 0 Å². The van der Waals surface area contributed by atoms with Crippen molar-refractivity contribution in [3.05, 3.63) is 57.3 Å². The molecule has 6 heteroatoms. The number of amides is 1. The van der Waals surface area contributed by atoms with Crippen molar-refractivity contribution in [3.63, 3.8) is 0 Å². The minimum Gasteiger partial charge on any atom is -0.378 e. The van der Waals surface area contributed by atoms with E-state index < -0.39 is 0 Å². The highest BCUT2D eigenvalue weighted by Gasteiger charge is 2.26. The predicted molar refractivity (Wildman–Crippen MR) is 108 cm³/mol. The van der Waals surface area contributed by atoms with Gasteiger partial charge < -0.3 is 14.5 Å². The summed E-state index contributed by atoms with van der Waals surface area (Å²) in [5.41, 5.74) is 4.10. The molecule has 2 heterocycles. The van der Waals surface area contributed by atoms with Gasteiger partial charge in [-0.2, -0.15) is 0 Å². The zero-order chi connectivity index (χ0) is 19.0. The molecule has 0 saturated carbocycles. The lowest BCUT2D eigenvalue weighted by Gasteiger charge is -2.32. The Bertz CT molecular complexity index is 881. The van der Waals surface area contributed by atoms with Gasteiger partial charge in [-0.25, -0.2) is 4.39 Å². The second-order valence-electron chi connectivity index (χ2n) is 7.06. The average Bonchev–Trinajstić information content (AvgIpc) is 2.67. The number of halogens is 2. The number of nitrogens with zero attached hydrogens (tertiary/aromatic N) is 2. The van der Waals surface area contributed by atoms with Crippen molar-refractivity contribution >= 4 is 33.2 Å². The second-order valence-corrected chi connectivity index (χ2v) is 7.97. The number of fused-ring (bicyclic) bond motifs is 1. The van der Waals surface area contributed by atoms with Gasteiger partial charge in [0.05, 0.1) is 24.6 Å². The smallest absolute Gasteiger partial charge is 0.258 e. The molecule has 0 spiro atoms. The SMILES string of the molecule is Cc1cc(Br)cc2c1N(C(=O)c1ccc(N3CCOCC3)c(F)c1)CCC2. The van der Waals surface area contributed by atoms with Crippen molar-refractivity contribution in [1.82, 2.24) is 0 Å². The summed E-state index contributed by atoms with van der Waals surface area (Å²) in [4.78, 5) is 16.9. The highest BCUT2D eigenvalue weighted by Crippen LogP contribution is 2.34. The molecule has 2 aromatic carbocycles. The van der Waals surface area contributed by atoms with Crippen molar-refractivity contribution in [2.75, 3.05) is 42.6 Å². The van der Waals surface area contributed by atoms with E-state index in [9.17, 15) is 9.18 Å². The number of rotatable bonds is 2. The first-order valence-electron chi connectivity index (χ1n) is 9.28. The minimum absolute atomic E-state index is 0.145. The Morgan fingerprint density at radius 1 is 1.15 bits per heavy atom. The summed E-state index contributed by atoms with van der Waals surface area (Å²) in [5.74, 6) is -0.499. The Kier molecular flexibility index (Phi) is 5.19. The summed E-state index contributed by atoms with van der Waals surface area (Å²) in [5, 5.41) is 0. The number of hydrogen-bond acceptors (Lipinski definition) is 3. The Balaban J connectivity index is 1.64. The molecule has 1 saturated heterocycles. The molecule has 142 valence electrons. The molecule has 0 aliphatic carbocycles. The molecule has 2 aliphatic rings. The van der Waals surface area contributed by atoms with Crippen molar-refractivity contribution < 1.29 is 13.9 Å². The van der Waals surface area contributed by atoms with Crippen molar-refractivity contribution in [2.24, 2.45) is 0 Å².